The quantitative estimate of drug-likeness (QED) is 0.761. The molecule has 1 heterocycles. The molecule has 2 N–H and O–H groups in total. The van der Waals surface area contributed by atoms with Gasteiger partial charge in [0.05, 0.1) is 31.6 Å². The molecule has 20 heavy (non-hydrogen) atoms. The van der Waals surface area contributed by atoms with E-state index >= 15 is 0 Å². The number of aliphatic hydroxyl groups is 1. The molecule has 2 rings (SSSR count). The van der Waals surface area contributed by atoms with Crippen LogP contribution in [0, 0.1) is 5.92 Å². The van der Waals surface area contributed by atoms with Crippen LogP contribution in [0.15, 0.2) is 12.4 Å². The average Bonchev–Trinajstić information content (AvgIpc) is 2.38. The van der Waals surface area contributed by atoms with E-state index in [-0.39, 0.29) is 18.8 Å². The van der Waals surface area contributed by atoms with Gasteiger partial charge in [0.2, 0.25) is 0 Å². The highest BCUT2D eigenvalue weighted by Crippen LogP contribution is 2.30. The Labute approximate surface area is 120 Å². The van der Waals surface area contributed by atoms with Gasteiger partial charge in [-0.05, 0) is 26.2 Å². The van der Waals surface area contributed by atoms with E-state index in [1.54, 1.807) is 12.4 Å². The zero-order valence-corrected chi connectivity index (χ0v) is 12.4. The number of aliphatic hydroxyl groups excluding tert-OH is 1. The second kappa shape index (κ2) is 7.55. The van der Waals surface area contributed by atoms with E-state index in [0.29, 0.717) is 12.3 Å². The molecule has 0 bridgehead atoms. The normalized spacial score (nSPS) is 17.0. The van der Waals surface area contributed by atoms with Crippen LogP contribution in [0.2, 0.25) is 0 Å². The smallest absolute Gasteiger partial charge is 0.156 e. The third-order valence-corrected chi connectivity index (χ3v) is 3.67. The minimum absolute atomic E-state index is 0.129. The third kappa shape index (κ3) is 4.72. The molecular weight excluding hydrogens is 254 g/mol. The maximum Gasteiger partial charge on any atom is 0.156 e. The van der Waals surface area contributed by atoms with E-state index in [4.69, 9.17) is 4.74 Å². The second-order valence-electron chi connectivity index (χ2n) is 5.79. The first kappa shape index (κ1) is 15.2. The van der Waals surface area contributed by atoms with Gasteiger partial charge in [-0.1, -0.05) is 19.3 Å². The lowest BCUT2D eigenvalue weighted by molar-refractivity contribution is 0.188. The van der Waals surface area contributed by atoms with E-state index in [2.05, 4.69) is 15.3 Å². The van der Waals surface area contributed by atoms with E-state index in [0.717, 1.165) is 18.2 Å². The Kier molecular flexibility index (Phi) is 5.73. The SMILES string of the molecule is CC(C)Oc1cnc(CN[C@@H](CO)CC2CCC2)nc1. The van der Waals surface area contributed by atoms with Crippen molar-refractivity contribution in [1.29, 1.82) is 0 Å². The fraction of sp³-hybridized carbons (Fsp3) is 0.733. The van der Waals surface area contributed by atoms with Crippen molar-refractivity contribution in [3.63, 3.8) is 0 Å². The summed E-state index contributed by atoms with van der Waals surface area (Å²) < 4.78 is 5.51. The van der Waals surface area contributed by atoms with Crippen LogP contribution in [0.3, 0.4) is 0 Å². The largest absolute Gasteiger partial charge is 0.488 e. The van der Waals surface area contributed by atoms with Crippen molar-refractivity contribution >= 4 is 0 Å². The highest BCUT2D eigenvalue weighted by Gasteiger charge is 2.21. The number of hydrogen-bond acceptors (Lipinski definition) is 5. The summed E-state index contributed by atoms with van der Waals surface area (Å²) in [4.78, 5) is 8.54. The molecule has 1 atom stereocenters. The molecule has 1 fully saturated rings. The highest BCUT2D eigenvalue weighted by molar-refractivity contribution is 5.12. The van der Waals surface area contributed by atoms with Gasteiger partial charge < -0.3 is 15.2 Å². The fourth-order valence-corrected chi connectivity index (χ4v) is 2.36. The average molecular weight is 279 g/mol. The summed E-state index contributed by atoms with van der Waals surface area (Å²) in [5.74, 6) is 2.20. The number of ether oxygens (including phenoxy) is 1. The number of aromatic nitrogens is 2. The van der Waals surface area contributed by atoms with E-state index in [9.17, 15) is 5.11 Å². The monoisotopic (exact) mass is 279 g/mol. The lowest BCUT2D eigenvalue weighted by atomic mass is 9.81. The van der Waals surface area contributed by atoms with Crippen LogP contribution < -0.4 is 10.1 Å². The topological polar surface area (TPSA) is 67.3 Å². The summed E-state index contributed by atoms with van der Waals surface area (Å²) in [5, 5.41) is 12.7. The Balaban J connectivity index is 1.76. The molecule has 1 saturated carbocycles. The number of hydrogen-bond donors (Lipinski definition) is 2. The van der Waals surface area contributed by atoms with Crippen molar-refractivity contribution in [2.45, 2.75) is 58.2 Å². The lowest BCUT2D eigenvalue weighted by Gasteiger charge is -2.29. The molecule has 0 amide bonds. The van der Waals surface area contributed by atoms with Crippen molar-refractivity contribution < 1.29 is 9.84 Å². The zero-order chi connectivity index (χ0) is 14.4. The maximum atomic E-state index is 9.39. The lowest BCUT2D eigenvalue weighted by Crippen LogP contribution is -2.35. The number of rotatable bonds is 8. The summed E-state index contributed by atoms with van der Waals surface area (Å²) in [7, 11) is 0. The molecule has 0 aliphatic heterocycles. The summed E-state index contributed by atoms with van der Waals surface area (Å²) >= 11 is 0. The first-order chi connectivity index (χ1) is 9.67. The molecule has 0 aromatic carbocycles. The third-order valence-electron chi connectivity index (χ3n) is 3.67. The van der Waals surface area contributed by atoms with Crippen molar-refractivity contribution in [2.75, 3.05) is 6.61 Å². The van der Waals surface area contributed by atoms with Gasteiger partial charge in [-0.2, -0.15) is 0 Å². The van der Waals surface area contributed by atoms with Crippen LogP contribution in [0.25, 0.3) is 0 Å². The minimum Gasteiger partial charge on any atom is -0.488 e. The van der Waals surface area contributed by atoms with Gasteiger partial charge in [0.1, 0.15) is 5.82 Å². The predicted octanol–water partition coefficient (Wildman–Crippen LogP) is 1.90. The highest BCUT2D eigenvalue weighted by atomic mass is 16.5. The van der Waals surface area contributed by atoms with E-state index < -0.39 is 0 Å². The minimum atomic E-state index is 0.129. The standard InChI is InChI=1S/C15H25N3O2/c1-11(2)20-14-7-17-15(18-8-14)9-16-13(10-19)6-12-4-3-5-12/h7-8,11-13,16,19H,3-6,9-10H2,1-2H3/t13-/m1/s1. The van der Waals surface area contributed by atoms with Crippen LogP contribution in [0.1, 0.15) is 45.4 Å². The van der Waals surface area contributed by atoms with Gasteiger partial charge in [0.15, 0.2) is 5.75 Å². The van der Waals surface area contributed by atoms with Crippen molar-refractivity contribution in [3.05, 3.63) is 18.2 Å². The number of nitrogens with zero attached hydrogens (tertiary/aromatic N) is 2. The molecule has 1 aliphatic rings. The van der Waals surface area contributed by atoms with Gasteiger partial charge in [0, 0.05) is 6.04 Å². The number of nitrogens with one attached hydrogen (secondary N) is 1. The molecular formula is C15H25N3O2. The second-order valence-corrected chi connectivity index (χ2v) is 5.79. The van der Waals surface area contributed by atoms with Gasteiger partial charge in [-0.15, -0.1) is 0 Å². The Bertz CT molecular complexity index is 391. The van der Waals surface area contributed by atoms with Crippen LogP contribution >= 0.6 is 0 Å². The van der Waals surface area contributed by atoms with Crippen LogP contribution in [0.4, 0.5) is 0 Å². The summed E-state index contributed by atoms with van der Waals surface area (Å²) in [6.45, 7) is 4.70. The van der Waals surface area contributed by atoms with Gasteiger partial charge >= 0.3 is 0 Å². The van der Waals surface area contributed by atoms with Crippen LogP contribution in [0.5, 0.6) is 5.75 Å². The summed E-state index contributed by atoms with van der Waals surface area (Å²) in [6.07, 6.45) is 8.51. The molecule has 0 spiro atoms. The molecule has 0 saturated heterocycles. The molecule has 5 heteroatoms. The summed E-state index contributed by atoms with van der Waals surface area (Å²) in [5.41, 5.74) is 0. The molecule has 1 aromatic rings. The molecule has 1 aliphatic carbocycles. The molecule has 0 radical (unpaired) electrons. The van der Waals surface area contributed by atoms with Gasteiger partial charge in [0.25, 0.3) is 0 Å². The van der Waals surface area contributed by atoms with E-state index in [1.807, 2.05) is 13.8 Å². The Morgan fingerprint density at radius 3 is 2.55 bits per heavy atom. The van der Waals surface area contributed by atoms with Gasteiger partial charge in [-0.3, -0.25) is 0 Å². The first-order valence-corrected chi connectivity index (χ1v) is 7.49. The summed E-state index contributed by atoms with van der Waals surface area (Å²) in [6, 6.07) is 0.149. The Morgan fingerprint density at radius 1 is 1.35 bits per heavy atom. The Hall–Kier alpha value is -1.20. The molecule has 112 valence electrons. The first-order valence-electron chi connectivity index (χ1n) is 7.49. The molecule has 1 aromatic heterocycles. The molecule has 5 nitrogen and oxygen atoms in total. The van der Waals surface area contributed by atoms with E-state index in [1.165, 1.54) is 19.3 Å². The van der Waals surface area contributed by atoms with Crippen molar-refractivity contribution in [3.8, 4) is 5.75 Å². The van der Waals surface area contributed by atoms with Crippen molar-refractivity contribution in [2.24, 2.45) is 5.92 Å². The maximum absolute atomic E-state index is 9.39. The van der Waals surface area contributed by atoms with Crippen LogP contribution in [-0.4, -0.2) is 33.8 Å². The fourth-order valence-electron chi connectivity index (χ4n) is 2.36. The van der Waals surface area contributed by atoms with Crippen LogP contribution in [-0.2, 0) is 6.54 Å². The molecule has 0 unspecified atom stereocenters. The zero-order valence-electron chi connectivity index (χ0n) is 12.4. The van der Waals surface area contributed by atoms with Crippen molar-refractivity contribution in [1.82, 2.24) is 15.3 Å². The predicted molar refractivity (Wildman–Crippen MR) is 77.5 cm³/mol. The van der Waals surface area contributed by atoms with Gasteiger partial charge in [-0.25, -0.2) is 9.97 Å². The Morgan fingerprint density at radius 2 is 2.05 bits per heavy atom.